The maximum Gasteiger partial charge on any atom is 0.138 e. The third-order valence-corrected chi connectivity index (χ3v) is 2.10. The zero-order valence-electron chi connectivity index (χ0n) is 10.3. The fraction of sp³-hybridized carbons (Fsp3) is 0.909. The van der Waals surface area contributed by atoms with Gasteiger partial charge in [0, 0.05) is 0 Å². The summed E-state index contributed by atoms with van der Waals surface area (Å²) in [6.45, 7) is 7.01. The third-order valence-electron chi connectivity index (χ3n) is 2.10. The lowest BCUT2D eigenvalue weighted by atomic mass is 9.93. The van der Waals surface area contributed by atoms with Crippen LogP contribution in [-0.4, -0.2) is 38.0 Å². The van der Waals surface area contributed by atoms with E-state index in [9.17, 15) is 4.79 Å². The highest BCUT2D eigenvalue weighted by atomic mass is 127. The molecule has 0 heterocycles. The van der Waals surface area contributed by atoms with Crippen molar-refractivity contribution in [2.75, 3.05) is 27.7 Å². The van der Waals surface area contributed by atoms with Crippen LogP contribution in [0.3, 0.4) is 0 Å². The molecule has 0 aromatic carbocycles. The number of quaternary nitrogens is 1. The number of rotatable bonds is 5. The van der Waals surface area contributed by atoms with Crippen molar-refractivity contribution in [3.05, 3.63) is 0 Å². The molecule has 0 aromatic rings. The van der Waals surface area contributed by atoms with E-state index in [1.54, 1.807) is 6.92 Å². The van der Waals surface area contributed by atoms with Gasteiger partial charge in [0.15, 0.2) is 0 Å². The summed E-state index contributed by atoms with van der Waals surface area (Å²) in [4.78, 5) is 11.3. The largest absolute Gasteiger partial charge is 1.00 e. The second kappa shape index (κ2) is 6.77. The Morgan fingerprint density at radius 2 is 1.64 bits per heavy atom. The highest BCUT2D eigenvalue weighted by Crippen LogP contribution is 2.15. The van der Waals surface area contributed by atoms with Gasteiger partial charge < -0.3 is 28.5 Å². The standard InChI is InChI=1S/C11H24NO.HI/c1-9(2)7-11(10(3)13)8-12(4,5)6;/h9,11H,7-8H2,1-6H3;1H/q+1;/p-1. The first-order chi connectivity index (χ1) is 5.72. The Bertz CT molecular complexity index is 173. The molecule has 1 atom stereocenters. The SMILES string of the molecule is CC(=O)C(CC(C)C)C[N+](C)(C)C.[I-]. The van der Waals surface area contributed by atoms with E-state index in [1.807, 2.05) is 0 Å². The Morgan fingerprint density at radius 3 is 1.86 bits per heavy atom. The second-order valence-corrected chi connectivity index (χ2v) is 5.41. The van der Waals surface area contributed by atoms with E-state index < -0.39 is 0 Å². The Kier molecular flexibility index (Phi) is 8.12. The third kappa shape index (κ3) is 8.94. The smallest absolute Gasteiger partial charge is 0.138 e. The topological polar surface area (TPSA) is 17.1 Å². The predicted molar refractivity (Wildman–Crippen MR) is 56.5 cm³/mol. The first-order valence-corrected chi connectivity index (χ1v) is 5.03. The molecule has 0 saturated carbocycles. The molecule has 86 valence electrons. The van der Waals surface area contributed by atoms with Crippen molar-refractivity contribution in [3.8, 4) is 0 Å². The molecule has 0 aromatic heterocycles. The van der Waals surface area contributed by atoms with Gasteiger partial charge in [-0.05, 0) is 19.3 Å². The van der Waals surface area contributed by atoms with Crippen LogP contribution < -0.4 is 24.0 Å². The summed E-state index contributed by atoms with van der Waals surface area (Å²) in [6, 6.07) is 0. The van der Waals surface area contributed by atoms with Crippen LogP contribution in [0.15, 0.2) is 0 Å². The molecule has 0 bridgehead atoms. The van der Waals surface area contributed by atoms with Crippen molar-refractivity contribution in [1.29, 1.82) is 0 Å². The van der Waals surface area contributed by atoms with Gasteiger partial charge in [0.25, 0.3) is 0 Å². The van der Waals surface area contributed by atoms with Gasteiger partial charge in [0.2, 0.25) is 0 Å². The van der Waals surface area contributed by atoms with Gasteiger partial charge in [-0.2, -0.15) is 0 Å². The quantitative estimate of drug-likeness (QED) is 0.468. The molecule has 0 radical (unpaired) electrons. The lowest BCUT2D eigenvalue weighted by Crippen LogP contribution is -3.00. The molecule has 0 N–H and O–H groups in total. The normalized spacial score (nSPS) is 13.6. The number of carbonyl (C=O) groups excluding carboxylic acids is 1. The summed E-state index contributed by atoms with van der Waals surface area (Å²) in [7, 11) is 6.41. The van der Waals surface area contributed by atoms with Gasteiger partial charge in [-0.15, -0.1) is 0 Å². The zero-order valence-corrected chi connectivity index (χ0v) is 12.5. The van der Waals surface area contributed by atoms with Gasteiger partial charge in [-0.3, -0.25) is 4.79 Å². The molecule has 0 aliphatic carbocycles. The van der Waals surface area contributed by atoms with Gasteiger partial charge in [-0.25, -0.2) is 0 Å². The van der Waals surface area contributed by atoms with Gasteiger partial charge in [0.1, 0.15) is 5.78 Å². The van der Waals surface area contributed by atoms with E-state index in [1.165, 1.54) is 0 Å². The van der Waals surface area contributed by atoms with E-state index in [2.05, 4.69) is 35.0 Å². The number of halogens is 1. The van der Waals surface area contributed by atoms with Crippen molar-refractivity contribution >= 4 is 5.78 Å². The van der Waals surface area contributed by atoms with E-state index in [0.717, 1.165) is 17.4 Å². The summed E-state index contributed by atoms with van der Waals surface area (Å²) in [5, 5.41) is 0. The molecule has 0 saturated heterocycles. The van der Waals surface area contributed by atoms with Gasteiger partial charge in [-0.1, -0.05) is 13.8 Å². The fourth-order valence-corrected chi connectivity index (χ4v) is 1.60. The van der Waals surface area contributed by atoms with Crippen molar-refractivity contribution in [3.63, 3.8) is 0 Å². The zero-order chi connectivity index (χ0) is 10.6. The molecule has 0 fully saturated rings. The molecule has 0 aliphatic heterocycles. The van der Waals surface area contributed by atoms with E-state index in [-0.39, 0.29) is 29.9 Å². The van der Waals surface area contributed by atoms with Crippen molar-refractivity contribution in [2.24, 2.45) is 11.8 Å². The van der Waals surface area contributed by atoms with Crippen LogP contribution in [0.25, 0.3) is 0 Å². The number of carbonyl (C=O) groups is 1. The first kappa shape index (κ1) is 16.8. The average molecular weight is 313 g/mol. The molecular formula is C11H24INO. The number of Topliss-reactive ketones (excluding diaryl/α,β-unsaturated/α-hetero) is 1. The second-order valence-electron chi connectivity index (χ2n) is 5.41. The monoisotopic (exact) mass is 313 g/mol. The summed E-state index contributed by atoms with van der Waals surface area (Å²) in [5.41, 5.74) is 0. The molecule has 1 unspecified atom stereocenters. The Morgan fingerprint density at radius 1 is 1.21 bits per heavy atom. The molecule has 0 aliphatic rings. The molecule has 3 heteroatoms. The molecule has 0 spiro atoms. The highest BCUT2D eigenvalue weighted by Gasteiger charge is 2.22. The summed E-state index contributed by atoms with van der Waals surface area (Å²) >= 11 is 0. The van der Waals surface area contributed by atoms with Crippen molar-refractivity contribution in [1.82, 2.24) is 0 Å². The Balaban J connectivity index is 0. The fourth-order valence-electron chi connectivity index (χ4n) is 1.60. The maximum absolute atomic E-state index is 11.3. The van der Waals surface area contributed by atoms with Crippen LogP contribution in [-0.2, 0) is 4.79 Å². The number of hydrogen-bond donors (Lipinski definition) is 0. The molecular weight excluding hydrogens is 289 g/mol. The Labute approximate surface area is 106 Å². The Hall–Kier alpha value is 0.360. The molecule has 0 rings (SSSR count). The minimum Gasteiger partial charge on any atom is -1.00 e. The summed E-state index contributed by atoms with van der Waals surface area (Å²) < 4.78 is 0.872. The van der Waals surface area contributed by atoms with Crippen molar-refractivity contribution < 1.29 is 33.3 Å². The van der Waals surface area contributed by atoms with Crippen LogP contribution in [0.2, 0.25) is 0 Å². The minimum absolute atomic E-state index is 0. The average Bonchev–Trinajstić information content (AvgIpc) is 1.81. The van der Waals surface area contributed by atoms with E-state index in [4.69, 9.17) is 0 Å². The number of ketones is 1. The van der Waals surface area contributed by atoms with Gasteiger partial charge in [0.05, 0.1) is 33.6 Å². The van der Waals surface area contributed by atoms with Gasteiger partial charge >= 0.3 is 0 Å². The molecule has 2 nitrogen and oxygen atoms in total. The van der Waals surface area contributed by atoms with E-state index in [0.29, 0.717) is 11.7 Å². The minimum atomic E-state index is 0. The maximum atomic E-state index is 11.3. The van der Waals surface area contributed by atoms with Crippen LogP contribution in [0.5, 0.6) is 0 Å². The van der Waals surface area contributed by atoms with Crippen LogP contribution in [0.4, 0.5) is 0 Å². The van der Waals surface area contributed by atoms with Crippen molar-refractivity contribution in [2.45, 2.75) is 27.2 Å². The lowest BCUT2D eigenvalue weighted by molar-refractivity contribution is -0.872. The van der Waals surface area contributed by atoms with Crippen LogP contribution >= 0.6 is 0 Å². The van der Waals surface area contributed by atoms with Crippen LogP contribution in [0, 0.1) is 11.8 Å². The number of nitrogens with zero attached hydrogens (tertiary/aromatic N) is 1. The van der Waals surface area contributed by atoms with Crippen LogP contribution in [0.1, 0.15) is 27.2 Å². The summed E-state index contributed by atoms with van der Waals surface area (Å²) in [6.07, 6.45) is 1.02. The lowest BCUT2D eigenvalue weighted by Gasteiger charge is -2.28. The highest BCUT2D eigenvalue weighted by molar-refractivity contribution is 5.78. The first-order valence-electron chi connectivity index (χ1n) is 5.03. The predicted octanol–water partition coefficient (Wildman–Crippen LogP) is -1.05. The summed E-state index contributed by atoms with van der Waals surface area (Å²) in [5.74, 6) is 1.18. The molecule has 0 amide bonds. The molecule has 14 heavy (non-hydrogen) atoms. The van der Waals surface area contributed by atoms with E-state index >= 15 is 0 Å². The number of hydrogen-bond acceptors (Lipinski definition) is 1.